The molecule has 0 aliphatic heterocycles. The van der Waals surface area contributed by atoms with E-state index in [-0.39, 0.29) is 35.4 Å². The first kappa shape index (κ1) is 23.7. The first-order valence-corrected chi connectivity index (χ1v) is 10.4. The van der Waals surface area contributed by atoms with Gasteiger partial charge < -0.3 is 21.1 Å². The fourth-order valence-electron chi connectivity index (χ4n) is 2.78. The molecule has 2 amide bonds. The summed E-state index contributed by atoms with van der Waals surface area (Å²) in [5, 5.41) is 37.6. The zero-order valence-corrected chi connectivity index (χ0v) is 18.0. The molecule has 31 heavy (non-hydrogen) atoms. The van der Waals surface area contributed by atoms with Gasteiger partial charge in [0.2, 0.25) is 11.8 Å². The molecular formula is C21H22N6O3S. The minimum absolute atomic E-state index is 0.0940. The van der Waals surface area contributed by atoms with E-state index in [1.165, 1.54) is 25.6 Å². The highest BCUT2D eigenvalue weighted by molar-refractivity contribution is 7.99. The predicted octanol–water partition coefficient (Wildman–Crippen LogP) is 2.08. The molecule has 10 heteroatoms. The van der Waals surface area contributed by atoms with Crippen LogP contribution in [0.3, 0.4) is 0 Å². The van der Waals surface area contributed by atoms with E-state index in [9.17, 15) is 25.2 Å². The number of rotatable bonds is 9. The molecule has 0 aliphatic rings. The quantitative estimate of drug-likeness (QED) is 0.343. The van der Waals surface area contributed by atoms with Crippen LogP contribution in [0.4, 0.5) is 11.5 Å². The number of aromatic nitrogens is 1. The van der Waals surface area contributed by atoms with Gasteiger partial charge in [-0.25, -0.2) is 4.98 Å². The molecule has 0 bridgehead atoms. The third kappa shape index (κ3) is 6.44. The second-order valence-electron chi connectivity index (χ2n) is 6.35. The number of amides is 2. The number of aliphatic hydroxyl groups is 1. The summed E-state index contributed by atoms with van der Waals surface area (Å²) in [5.74, 6) is 0.239. The number of carbonyl (C=O) groups is 2. The van der Waals surface area contributed by atoms with Gasteiger partial charge in [0.1, 0.15) is 28.5 Å². The molecule has 1 heterocycles. The average Bonchev–Trinajstić information content (AvgIpc) is 2.74. The Morgan fingerprint density at radius 2 is 1.74 bits per heavy atom. The number of benzene rings is 1. The predicted molar refractivity (Wildman–Crippen MR) is 118 cm³/mol. The second-order valence-corrected chi connectivity index (χ2v) is 7.44. The van der Waals surface area contributed by atoms with E-state index in [0.717, 1.165) is 0 Å². The van der Waals surface area contributed by atoms with Gasteiger partial charge in [0, 0.05) is 43.9 Å². The number of hydrogen-bond donors (Lipinski definition) is 4. The highest BCUT2D eigenvalue weighted by Gasteiger charge is 2.21. The number of nitrogens with zero attached hydrogens (tertiary/aromatic N) is 3. The lowest BCUT2D eigenvalue weighted by Crippen LogP contribution is -2.26. The van der Waals surface area contributed by atoms with Crippen molar-refractivity contribution in [3.63, 3.8) is 0 Å². The summed E-state index contributed by atoms with van der Waals surface area (Å²) in [5.41, 5.74) is 2.04. The molecule has 0 saturated heterocycles. The van der Waals surface area contributed by atoms with Gasteiger partial charge in [-0.2, -0.15) is 10.5 Å². The Labute approximate surface area is 184 Å². The third-order valence-electron chi connectivity index (χ3n) is 4.00. The van der Waals surface area contributed by atoms with Crippen molar-refractivity contribution in [3.05, 3.63) is 35.4 Å². The van der Waals surface area contributed by atoms with Crippen molar-refractivity contribution < 1.29 is 14.7 Å². The molecule has 0 aliphatic carbocycles. The van der Waals surface area contributed by atoms with Crippen LogP contribution in [0.5, 0.6) is 0 Å². The molecule has 4 N–H and O–H groups in total. The van der Waals surface area contributed by atoms with E-state index >= 15 is 0 Å². The molecule has 9 nitrogen and oxygen atoms in total. The number of hydrogen-bond acceptors (Lipinski definition) is 8. The Hall–Kier alpha value is -3.60. The molecule has 0 fully saturated rings. The van der Waals surface area contributed by atoms with E-state index in [0.29, 0.717) is 40.7 Å². The smallest absolute Gasteiger partial charge is 0.221 e. The fourth-order valence-corrected chi connectivity index (χ4v) is 3.52. The average molecular weight is 439 g/mol. The zero-order valence-electron chi connectivity index (χ0n) is 17.2. The highest BCUT2D eigenvalue weighted by atomic mass is 32.2. The normalized spacial score (nSPS) is 9.97. The number of thioether (sulfide) groups is 1. The summed E-state index contributed by atoms with van der Waals surface area (Å²) >= 11 is 1.21. The van der Waals surface area contributed by atoms with E-state index in [4.69, 9.17) is 0 Å². The number of carbonyl (C=O) groups excluding carboxylic acids is 2. The molecule has 0 radical (unpaired) electrons. The van der Waals surface area contributed by atoms with Gasteiger partial charge in [0.15, 0.2) is 0 Å². The van der Waals surface area contributed by atoms with Crippen molar-refractivity contribution in [1.29, 1.82) is 10.5 Å². The molecular weight excluding hydrogens is 416 g/mol. The van der Waals surface area contributed by atoms with Crippen molar-refractivity contribution in [3.8, 4) is 23.3 Å². The Morgan fingerprint density at radius 1 is 1.06 bits per heavy atom. The van der Waals surface area contributed by atoms with Gasteiger partial charge in [-0.1, -0.05) is 12.1 Å². The van der Waals surface area contributed by atoms with Crippen LogP contribution in [0.25, 0.3) is 11.1 Å². The minimum Gasteiger partial charge on any atom is -0.396 e. The SMILES string of the molecule is CC(=O)NCCNc1nc(SCCO)c(C#N)c(-c2ccc(NC(C)=O)cc2)c1C#N. The van der Waals surface area contributed by atoms with Crippen LogP contribution in [-0.4, -0.2) is 47.4 Å². The molecule has 1 aromatic carbocycles. The Morgan fingerprint density at radius 3 is 2.29 bits per heavy atom. The maximum Gasteiger partial charge on any atom is 0.221 e. The van der Waals surface area contributed by atoms with Crippen LogP contribution in [0, 0.1) is 22.7 Å². The molecule has 0 spiro atoms. The Kier molecular flexibility index (Phi) is 8.82. The van der Waals surface area contributed by atoms with Crippen molar-refractivity contribution in [2.45, 2.75) is 18.9 Å². The number of aliphatic hydroxyl groups excluding tert-OH is 1. The summed E-state index contributed by atoms with van der Waals surface area (Å²) in [6.07, 6.45) is 0. The summed E-state index contributed by atoms with van der Waals surface area (Å²) in [4.78, 5) is 26.8. The molecule has 160 valence electrons. The minimum atomic E-state index is -0.208. The van der Waals surface area contributed by atoms with Gasteiger partial charge in [0.25, 0.3) is 0 Å². The van der Waals surface area contributed by atoms with Crippen LogP contribution >= 0.6 is 11.8 Å². The maximum atomic E-state index is 11.3. The lowest BCUT2D eigenvalue weighted by atomic mass is 9.96. The van der Waals surface area contributed by atoms with Gasteiger partial charge >= 0.3 is 0 Å². The lowest BCUT2D eigenvalue weighted by molar-refractivity contribution is -0.119. The molecule has 0 saturated carbocycles. The summed E-state index contributed by atoms with van der Waals surface area (Å²) in [6, 6.07) is 11.1. The largest absolute Gasteiger partial charge is 0.396 e. The highest BCUT2D eigenvalue weighted by Crippen LogP contribution is 2.36. The van der Waals surface area contributed by atoms with E-state index in [1.807, 2.05) is 0 Å². The number of nitriles is 2. The Balaban J connectivity index is 2.55. The van der Waals surface area contributed by atoms with Crippen LogP contribution in [0.1, 0.15) is 25.0 Å². The van der Waals surface area contributed by atoms with Crippen molar-refractivity contribution in [2.75, 3.05) is 36.1 Å². The van der Waals surface area contributed by atoms with Crippen LogP contribution < -0.4 is 16.0 Å². The van der Waals surface area contributed by atoms with E-state index in [1.54, 1.807) is 24.3 Å². The number of nitrogens with one attached hydrogen (secondary N) is 3. The van der Waals surface area contributed by atoms with E-state index < -0.39 is 0 Å². The van der Waals surface area contributed by atoms with Crippen LogP contribution in [-0.2, 0) is 9.59 Å². The van der Waals surface area contributed by atoms with Crippen molar-refractivity contribution in [1.82, 2.24) is 10.3 Å². The lowest BCUT2D eigenvalue weighted by Gasteiger charge is -2.16. The van der Waals surface area contributed by atoms with Crippen LogP contribution in [0.2, 0.25) is 0 Å². The van der Waals surface area contributed by atoms with Gasteiger partial charge in [-0.3, -0.25) is 9.59 Å². The van der Waals surface area contributed by atoms with Gasteiger partial charge in [-0.05, 0) is 17.7 Å². The van der Waals surface area contributed by atoms with E-state index in [2.05, 4.69) is 33.1 Å². The number of anilines is 2. The van der Waals surface area contributed by atoms with Gasteiger partial charge in [0.05, 0.1) is 12.2 Å². The second kappa shape index (κ2) is 11.6. The topological polar surface area (TPSA) is 151 Å². The fraction of sp³-hybridized carbons (Fsp3) is 0.286. The molecule has 0 atom stereocenters. The molecule has 2 rings (SSSR count). The molecule has 0 unspecified atom stereocenters. The summed E-state index contributed by atoms with van der Waals surface area (Å²) in [7, 11) is 0. The summed E-state index contributed by atoms with van der Waals surface area (Å²) < 4.78 is 0. The van der Waals surface area contributed by atoms with Crippen LogP contribution in [0.15, 0.2) is 29.3 Å². The van der Waals surface area contributed by atoms with Gasteiger partial charge in [-0.15, -0.1) is 11.8 Å². The third-order valence-corrected chi connectivity index (χ3v) is 4.96. The maximum absolute atomic E-state index is 11.3. The first-order valence-electron chi connectivity index (χ1n) is 9.39. The van der Waals surface area contributed by atoms with Crippen molar-refractivity contribution >= 4 is 35.1 Å². The molecule has 2 aromatic rings. The van der Waals surface area contributed by atoms with Crippen molar-refractivity contribution in [2.24, 2.45) is 0 Å². The first-order chi connectivity index (χ1) is 14.9. The monoisotopic (exact) mass is 438 g/mol. The zero-order chi connectivity index (χ0) is 22.8. The Bertz CT molecular complexity index is 1040. The molecule has 1 aromatic heterocycles. The number of pyridine rings is 1. The standard InChI is InChI=1S/C21H22N6O3S/c1-13(29)24-7-8-25-20-17(11-22)19(18(12-23)21(27-20)31-10-9-28)15-3-5-16(6-4-15)26-14(2)30/h3-6,28H,7-10H2,1-2H3,(H,24,29)(H,25,27)(H,26,30). The summed E-state index contributed by atoms with van der Waals surface area (Å²) in [6.45, 7) is 3.39.